The van der Waals surface area contributed by atoms with E-state index in [1.807, 2.05) is 25.1 Å². The highest BCUT2D eigenvalue weighted by Crippen LogP contribution is 2.25. The van der Waals surface area contributed by atoms with Crippen LogP contribution in [0, 0.1) is 12.7 Å². The average molecular weight is 238 g/mol. The maximum Gasteiger partial charge on any atom is 0.123 e. The van der Waals surface area contributed by atoms with Gasteiger partial charge in [-0.2, -0.15) is 0 Å². The van der Waals surface area contributed by atoms with Crippen molar-refractivity contribution in [3.05, 3.63) is 60.2 Å². The highest BCUT2D eigenvalue weighted by molar-refractivity contribution is 5.92. The molecule has 3 heteroatoms. The van der Waals surface area contributed by atoms with E-state index in [1.54, 1.807) is 18.5 Å². The van der Waals surface area contributed by atoms with Crippen LogP contribution in [0.3, 0.4) is 0 Å². The summed E-state index contributed by atoms with van der Waals surface area (Å²) >= 11 is 0. The summed E-state index contributed by atoms with van der Waals surface area (Å²) in [5.41, 5.74) is 3.79. The summed E-state index contributed by atoms with van der Waals surface area (Å²) in [6, 6.07) is 12.4. The molecule has 0 saturated heterocycles. The Kier molecular flexibility index (Phi) is 2.52. The Morgan fingerprint density at radius 3 is 2.50 bits per heavy atom. The molecule has 0 atom stereocenters. The van der Waals surface area contributed by atoms with Gasteiger partial charge in [0.15, 0.2) is 0 Å². The van der Waals surface area contributed by atoms with E-state index in [-0.39, 0.29) is 5.82 Å². The molecule has 18 heavy (non-hydrogen) atoms. The van der Waals surface area contributed by atoms with Crippen LogP contribution in [0.25, 0.3) is 22.2 Å². The molecule has 0 fully saturated rings. The van der Waals surface area contributed by atoms with E-state index in [4.69, 9.17) is 0 Å². The molecule has 1 aromatic heterocycles. The molecule has 2 nitrogen and oxygen atoms in total. The van der Waals surface area contributed by atoms with Crippen LogP contribution in [0.2, 0.25) is 0 Å². The fourth-order valence-corrected chi connectivity index (χ4v) is 2.00. The number of hydrogen-bond acceptors (Lipinski definition) is 2. The van der Waals surface area contributed by atoms with Crippen LogP contribution in [-0.2, 0) is 0 Å². The fraction of sp³-hybridized carbons (Fsp3) is 0.0667. The molecule has 0 amide bonds. The molecule has 0 unspecified atom stereocenters. The maximum atomic E-state index is 12.9. The zero-order chi connectivity index (χ0) is 12.5. The molecule has 88 valence electrons. The summed E-state index contributed by atoms with van der Waals surface area (Å²) in [4.78, 5) is 8.56. The van der Waals surface area contributed by atoms with Crippen LogP contribution in [-0.4, -0.2) is 9.97 Å². The molecule has 2 aromatic carbocycles. The summed E-state index contributed by atoms with van der Waals surface area (Å²) in [5.74, 6) is -0.243. The maximum absolute atomic E-state index is 12.9. The van der Waals surface area contributed by atoms with Crippen molar-refractivity contribution in [1.29, 1.82) is 0 Å². The second kappa shape index (κ2) is 4.18. The molecule has 0 radical (unpaired) electrons. The summed E-state index contributed by atoms with van der Waals surface area (Å²) in [6.45, 7) is 2.03. The number of benzene rings is 2. The Morgan fingerprint density at radius 1 is 0.944 bits per heavy atom. The third kappa shape index (κ3) is 1.84. The minimum Gasteiger partial charge on any atom is -0.236 e. The van der Waals surface area contributed by atoms with Gasteiger partial charge in [-0.3, -0.25) is 0 Å². The van der Waals surface area contributed by atoms with Gasteiger partial charge in [-0.25, -0.2) is 14.4 Å². The van der Waals surface area contributed by atoms with E-state index in [9.17, 15) is 4.39 Å². The van der Waals surface area contributed by atoms with Crippen LogP contribution < -0.4 is 0 Å². The van der Waals surface area contributed by atoms with Crippen molar-refractivity contribution >= 4 is 10.9 Å². The van der Waals surface area contributed by atoms with Crippen molar-refractivity contribution < 1.29 is 4.39 Å². The first kappa shape index (κ1) is 10.8. The second-order valence-electron chi connectivity index (χ2n) is 4.25. The molecule has 0 aliphatic carbocycles. The molecule has 1 heterocycles. The second-order valence-corrected chi connectivity index (χ2v) is 4.25. The highest BCUT2D eigenvalue weighted by atomic mass is 19.1. The zero-order valence-electron chi connectivity index (χ0n) is 9.89. The van der Waals surface area contributed by atoms with Gasteiger partial charge >= 0.3 is 0 Å². The minimum atomic E-state index is -0.243. The quantitative estimate of drug-likeness (QED) is 0.645. The van der Waals surface area contributed by atoms with Crippen molar-refractivity contribution in [2.24, 2.45) is 0 Å². The van der Waals surface area contributed by atoms with Gasteiger partial charge in [-0.15, -0.1) is 0 Å². The molecule has 3 aromatic rings. The van der Waals surface area contributed by atoms with E-state index >= 15 is 0 Å². The van der Waals surface area contributed by atoms with Crippen LogP contribution in [0.4, 0.5) is 4.39 Å². The van der Waals surface area contributed by atoms with Crippen molar-refractivity contribution in [2.45, 2.75) is 6.92 Å². The van der Waals surface area contributed by atoms with Crippen molar-refractivity contribution in [3.63, 3.8) is 0 Å². The van der Waals surface area contributed by atoms with Crippen LogP contribution >= 0.6 is 0 Å². The summed E-state index contributed by atoms with van der Waals surface area (Å²) in [6.07, 6.45) is 1.54. The number of nitrogens with zero attached hydrogens (tertiary/aromatic N) is 2. The van der Waals surface area contributed by atoms with Crippen LogP contribution in [0.5, 0.6) is 0 Å². The molecule has 0 spiro atoms. The van der Waals surface area contributed by atoms with E-state index in [0.29, 0.717) is 0 Å². The lowest BCUT2D eigenvalue weighted by Gasteiger charge is -2.05. The van der Waals surface area contributed by atoms with Crippen LogP contribution in [0.1, 0.15) is 5.56 Å². The Labute approximate surface area is 104 Å². The van der Waals surface area contributed by atoms with E-state index in [2.05, 4.69) is 9.97 Å². The highest BCUT2D eigenvalue weighted by Gasteiger charge is 2.06. The predicted molar refractivity (Wildman–Crippen MR) is 69.7 cm³/mol. The topological polar surface area (TPSA) is 25.8 Å². The molecule has 0 saturated carbocycles. The largest absolute Gasteiger partial charge is 0.236 e. The fourth-order valence-electron chi connectivity index (χ4n) is 2.00. The lowest BCUT2D eigenvalue weighted by molar-refractivity contribution is 0.628. The van der Waals surface area contributed by atoms with Crippen molar-refractivity contribution in [2.75, 3.05) is 0 Å². The number of aryl methyl sites for hydroxylation is 1. The van der Waals surface area contributed by atoms with Gasteiger partial charge in [0.05, 0.1) is 11.2 Å². The Balaban J connectivity index is 2.26. The average Bonchev–Trinajstić information content (AvgIpc) is 2.38. The normalized spacial score (nSPS) is 10.8. The van der Waals surface area contributed by atoms with Crippen molar-refractivity contribution in [3.8, 4) is 11.3 Å². The van der Waals surface area contributed by atoms with Gasteiger partial charge in [0.25, 0.3) is 0 Å². The van der Waals surface area contributed by atoms with Gasteiger partial charge in [0, 0.05) is 10.9 Å². The van der Waals surface area contributed by atoms with Gasteiger partial charge in [0.1, 0.15) is 12.1 Å². The summed E-state index contributed by atoms with van der Waals surface area (Å²) in [5, 5.41) is 0.981. The van der Waals surface area contributed by atoms with E-state index in [0.717, 1.165) is 27.7 Å². The number of halogens is 1. The molecule has 0 N–H and O–H groups in total. The van der Waals surface area contributed by atoms with Gasteiger partial charge in [0.2, 0.25) is 0 Å². The van der Waals surface area contributed by atoms with Crippen LogP contribution in [0.15, 0.2) is 48.8 Å². The molecular weight excluding hydrogens is 227 g/mol. The molecule has 0 aliphatic heterocycles. The monoisotopic (exact) mass is 238 g/mol. The van der Waals surface area contributed by atoms with E-state index < -0.39 is 0 Å². The zero-order valence-corrected chi connectivity index (χ0v) is 9.89. The molecule has 0 aliphatic rings. The van der Waals surface area contributed by atoms with Gasteiger partial charge < -0.3 is 0 Å². The number of hydrogen-bond donors (Lipinski definition) is 0. The smallest absolute Gasteiger partial charge is 0.123 e. The molecule has 0 bridgehead atoms. The Morgan fingerprint density at radius 2 is 1.72 bits per heavy atom. The Hall–Kier alpha value is -2.29. The third-order valence-electron chi connectivity index (χ3n) is 2.91. The van der Waals surface area contributed by atoms with Crippen molar-refractivity contribution in [1.82, 2.24) is 9.97 Å². The first-order chi connectivity index (χ1) is 8.74. The summed E-state index contributed by atoms with van der Waals surface area (Å²) in [7, 11) is 0. The first-order valence-corrected chi connectivity index (χ1v) is 5.71. The third-order valence-corrected chi connectivity index (χ3v) is 2.91. The van der Waals surface area contributed by atoms with Gasteiger partial charge in [-0.05, 0) is 42.8 Å². The summed E-state index contributed by atoms with van der Waals surface area (Å²) < 4.78 is 12.9. The lowest BCUT2D eigenvalue weighted by Crippen LogP contribution is -1.89. The number of rotatable bonds is 1. The van der Waals surface area contributed by atoms with E-state index in [1.165, 1.54) is 12.1 Å². The minimum absolute atomic E-state index is 0.243. The predicted octanol–water partition coefficient (Wildman–Crippen LogP) is 3.74. The molecule has 3 rings (SSSR count). The number of fused-ring (bicyclic) bond motifs is 1. The SMILES string of the molecule is Cc1ccc2c(-c3ccc(F)cc3)ncnc2c1. The Bertz CT molecular complexity index is 705. The molecular formula is C15H11FN2. The lowest BCUT2D eigenvalue weighted by atomic mass is 10.1. The number of aromatic nitrogens is 2. The first-order valence-electron chi connectivity index (χ1n) is 5.71. The van der Waals surface area contributed by atoms with Gasteiger partial charge in [-0.1, -0.05) is 12.1 Å². The standard InChI is InChI=1S/C15H11FN2/c1-10-2-7-13-14(8-10)17-9-18-15(13)11-3-5-12(16)6-4-11/h2-9H,1H3.